The first-order valence-corrected chi connectivity index (χ1v) is 6.18. The predicted molar refractivity (Wildman–Crippen MR) is 71.2 cm³/mol. The van der Waals surface area contributed by atoms with Crippen LogP contribution >= 0.6 is 0 Å². The molecule has 1 aromatic rings. The number of amides is 1. The SMILES string of the molecule is NCCNCCCNC(=O)OCc1ccccc1. The molecule has 18 heavy (non-hydrogen) atoms. The smallest absolute Gasteiger partial charge is 0.407 e. The number of hydrogen-bond acceptors (Lipinski definition) is 4. The average molecular weight is 251 g/mol. The van der Waals surface area contributed by atoms with Crippen LogP contribution < -0.4 is 16.4 Å². The molecule has 0 aliphatic carbocycles. The van der Waals surface area contributed by atoms with E-state index >= 15 is 0 Å². The lowest BCUT2D eigenvalue weighted by atomic mass is 10.2. The van der Waals surface area contributed by atoms with Crippen LogP contribution in [0.15, 0.2) is 30.3 Å². The number of nitrogens with one attached hydrogen (secondary N) is 2. The molecule has 1 amide bonds. The molecule has 0 radical (unpaired) electrons. The van der Waals surface area contributed by atoms with Gasteiger partial charge in [-0.2, -0.15) is 0 Å². The molecular weight excluding hydrogens is 230 g/mol. The van der Waals surface area contributed by atoms with Crippen LogP contribution in [0.25, 0.3) is 0 Å². The summed E-state index contributed by atoms with van der Waals surface area (Å²) in [5, 5.41) is 5.85. The Balaban J connectivity index is 2.01. The van der Waals surface area contributed by atoms with Crippen LogP contribution in [0.4, 0.5) is 4.79 Å². The molecule has 0 aliphatic heterocycles. The highest BCUT2D eigenvalue weighted by Crippen LogP contribution is 2.00. The average Bonchev–Trinajstić information content (AvgIpc) is 2.41. The van der Waals surface area contributed by atoms with Gasteiger partial charge in [0.05, 0.1) is 0 Å². The molecule has 0 spiro atoms. The maximum atomic E-state index is 11.3. The quantitative estimate of drug-likeness (QED) is 0.599. The highest BCUT2D eigenvalue weighted by Gasteiger charge is 2.00. The second-order valence-corrected chi connectivity index (χ2v) is 3.88. The van der Waals surface area contributed by atoms with Crippen molar-refractivity contribution in [2.45, 2.75) is 13.0 Å². The lowest BCUT2D eigenvalue weighted by molar-refractivity contribution is 0.139. The van der Waals surface area contributed by atoms with Crippen molar-refractivity contribution in [3.8, 4) is 0 Å². The zero-order valence-corrected chi connectivity index (χ0v) is 10.5. The first-order valence-electron chi connectivity index (χ1n) is 6.18. The fraction of sp³-hybridized carbons (Fsp3) is 0.462. The minimum Gasteiger partial charge on any atom is -0.445 e. The van der Waals surface area contributed by atoms with Gasteiger partial charge in [-0.3, -0.25) is 0 Å². The van der Waals surface area contributed by atoms with Crippen LogP contribution in [0, 0.1) is 0 Å². The highest BCUT2D eigenvalue weighted by molar-refractivity contribution is 5.67. The molecule has 1 aromatic carbocycles. The number of hydrogen-bond donors (Lipinski definition) is 3. The van der Waals surface area contributed by atoms with Gasteiger partial charge < -0.3 is 21.1 Å². The Labute approximate surface area is 108 Å². The van der Waals surface area contributed by atoms with Crippen LogP contribution in [-0.2, 0) is 11.3 Å². The molecule has 4 N–H and O–H groups in total. The number of carbonyl (C=O) groups excluding carboxylic acids is 1. The van der Waals surface area contributed by atoms with Crippen molar-refractivity contribution in [1.82, 2.24) is 10.6 Å². The summed E-state index contributed by atoms with van der Waals surface area (Å²) in [6.07, 6.45) is 0.484. The van der Waals surface area contributed by atoms with E-state index in [1.165, 1.54) is 0 Å². The Morgan fingerprint density at radius 3 is 2.67 bits per heavy atom. The summed E-state index contributed by atoms with van der Waals surface area (Å²) in [6, 6.07) is 9.60. The van der Waals surface area contributed by atoms with Gasteiger partial charge in [0.15, 0.2) is 0 Å². The summed E-state index contributed by atoms with van der Waals surface area (Å²) in [4.78, 5) is 11.3. The van der Waals surface area contributed by atoms with Gasteiger partial charge >= 0.3 is 6.09 Å². The molecule has 100 valence electrons. The highest BCUT2D eigenvalue weighted by atomic mass is 16.5. The fourth-order valence-corrected chi connectivity index (χ4v) is 1.41. The molecule has 5 nitrogen and oxygen atoms in total. The van der Waals surface area contributed by atoms with Crippen molar-refractivity contribution in [2.24, 2.45) is 5.73 Å². The van der Waals surface area contributed by atoms with E-state index in [1.54, 1.807) is 0 Å². The van der Waals surface area contributed by atoms with E-state index in [1.807, 2.05) is 30.3 Å². The van der Waals surface area contributed by atoms with Crippen LogP contribution in [0.1, 0.15) is 12.0 Å². The first-order chi connectivity index (χ1) is 8.83. The van der Waals surface area contributed by atoms with E-state index in [-0.39, 0.29) is 6.09 Å². The zero-order chi connectivity index (χ0) is 13.1. The fourth-order valence-electron chi connectivity index (χ4n) is 1.41. The van der Waals surface area contributed by atoms with Crippen molar-refractivity contribution in [3.63, 3.8) is 0 Å². The summed E-state index contributed by atoms with van der Waals surface area (Å²) in [6.45, 7) is 3.18. The summed E-state index contributed by atoms with van der Waals surface area (Å²) in [5.74, 6) is 0. The molecule has 0 saturated heterocycles. The number of alkyl carbamates (subject to hydrolysis) is 1. The molecule has 0 fully saturated rings. The second-order valence-electron chi connectivity index (χ2n) is 3.88. The van der Waals surface area contributed by atoms with Crippen LogP contribution in [0.5, 0.6) is 0 Å². The standard InChI is InChI=1S/C13H21N3O2/c14-7-10-15-8-4-9-16-13(17)18-11-12-5-2-1-3-6-12/h1-3,5-6,15H,4,7-11,14H2,(H,16,17). The summed E-state index contributed by atoms with van der Waals surface area (Å²) >= 11 is 0. The summed E-state index contributed by atoms with van der Waals surface area (Å²) < 4.78 is 5.07. The van der Waals surface area contributed by atoms with Gasteiger partial charge in [0.1, 0.15) is 6.61 Å². The van der Waals surface area contributed by atoms with Gasteiger partial charge in [-0.25, -0.2) is 4.79 Å². The molecule has 0 heterocycles. The number of ether oxygens (including phenoxy) is 1. The molecule has 0 aromatic heterocycles. The van der Waals surface area contributed by atoms with Crippen molar-refractivity contribution < 1.29 is 9.53 Å². The number of nitrogens with two attached hydrogens (primary N) is 1. The van der Waals surface area contributed by atoms with E-state index in [0.29, 0.717) is 19.7 Å². The zero-order valence-electron chi connectivity index (χ0n) is 10.5. The van der Waals surface area contributed by atoms with Gasteiger partial charge in [-0.15, -0.1) is 0 Å². The van der Waals surface area contributed by atoms with E-state index < -0.39 is 0 Å². The Morgan fingerprint density at radius 1 is 1.17 bits per heavy atom. The third-order valence-corrected chi connectivity index (χ3v) is 2.33. The van der Waals surface area contributed by atoms with Crippen LogP contribution in [0.3, 0.4) is 0 Å². The van der Waals surface area contributed by atoms with Gasteiger partial charge in [0.25, 0.3) is 0 Å². The Bertz CT molecular complexity index is 330. The summed E-state index contributed by atoms with van der Waals surface area (Å²) in [5.41, 5.74) is 6.32. The molecule has 0 aliphatic rings. The largest absolute Gasteiger partial charge is 0.445 e. The van der Waals surface area contributed by atoms with Gasteiger partial charge in [0.2, 0.25) is 0 Å². The number of benzene rings is 1. The van der Waals surface area contributed by atoms with Gasteiger partial charge in [-0.1, -0.05) is 30.3 Å². The maximum absolute atomic E-state index is 11.3. The third kappa shape index (κ3) is 6.88. The van der Waals surface area contributed by atoms with E-state index in [9.17, 15) is 4.79 Å². The Hall–Kier alpha value is -1.59. The molecule has 0 saturated carbocycles. The number of carbonyl (C=O) groups is 1. The minimum atomic E-state index is -0.377. The topological polar surface area (TPSA) is 76.4 Å². The van der Waals surface area contributed by atoms with E-state index in [4.69, 9.17) is 10.5 Å². The third-order valence-electron chi connectivity index (χ3n) is 2.33. The van der Waals surface area contributed by atoms with E-state index in [2.05, 4.69) is 10.6 Å². The molecule has 1 rings (SSSR count). The van der Waals surface area contributed by atoms with Gasteiger partial charge in [-0.05, 0) is 18.5 Å². The second kappa shape index (κ2) is 9.44. The monoisotopic (exact) mass is 251 g/mol. The first kappa shape index (κ1) is 14.5. The van der Waals surface area contributed by atoms with E-state index in [0.717, 1.165) is 25.1 Å². The lowest BCUT2D eigenvalue weighted by Crippen LogP contribution is -2.29. The lowest BCUT2D eigenvalue weighted by Gasteiger charge is -2.07. The Kier molecular flexibility index (Phi) is 7.59. The molecule has 0 unspecified atom stereocenters. The molecule has 0 bridgehead atoms. The Morgan fingerprint density at radius 2 is 1.94 bits per heavy atom. The number of rotatable bonds is 8. The molecular formula is C13H21N3O2. The normalized spacial score (nSPS) is 10.1. The summed E-state index contributed by atoms with van der Waals surface area (Å²) in [7, 11) is 0. The maximum Gasteiger partial charge on any atom is 0.407 e. The van der Waals surface area contributed by atoms with Crippen molar-refractivity contribution in [2.75, 3.05) is 26.2 Å². The van der Waals surface area contributed by atoms with Crippen molar-refractivity contribution >= 4 is 6.09 Å². The van der Waals surface area contributed by atoms with Crippen LogP contribution in [0.2, 0.25) is 0 Å². The molecule has 0 atom stereocenters. The van der Waals surface area contributed by atoms with Crippen molar-refractivity contribution in [3.05, 3.63) is 35.9 Å². The van der Waals surface area contributed by atoms with Crippen molar-refractivity contribution in [1.29, 1.82) is 0 Å². The van der Waals surface area contributed by atoms with Crippen LogP contribution in [-0.4, -0.2) is 32.3 Å². The molecule has 5 heteroatoms. The van der Waals surface area contributed by atoms with Gasteiger partial charge in [0, 0.05) is 19.6 Å². The predicted octanol–water partition coefficient (Wildman–Crippen LogP) is 0.851. The minimum absolute atomic E-state index is 0.304.